The number of nitrogens with zero attached hydrogens (tertiary/aromatic N) is 3. The van der Waals surface area contributed by atoms with Crippen LogP contribution in [0.15, 0.2) is 36.9 Å². The molecule has 1 aromatic heterocycles. The van der Waals surface area contributed by atoms with E-state index in [9.17, 15) is 13.6 Å². The zero-order valence-electron chi connectivity index (χ0n) is 13.2. The van der Waals surface area contributed by atoms with Crippen molar-refractivity contribution in [1.82, 2.24) is 19.8 Å². The number of aryl methyl sites for hydroxylation is 1. The van der Waals surface area contributed by atoms with Crippen LogP contribution in [-0.2, 0) is 6.54 Å². The van der Waals surface area contributed by atoms with Crippen molar-refractivity contribution in [1.29, 1.82) is 0 Å². The molecule has 0 aliphatic carbocycles. The molecule has 0 aliphatic heterocycles. The lowest BCUT2D eigenvalue weighted by atomic mass is 10.1. The fraction of sp³-hybridized carbons (Fsp3) is 0.375. The van der Waals surface area contributed by atoms with Gasteiger partial charge in [0.15, 0.2) is 0 Å². The van der Waals surface area contributed by atoms with Crippen molar-refractivity contribution in [3.8, 4) is 0 Å². The summed E-state index contributed by atoms with van der Waals surface area (Å²) in [5.74, 6) is -1.05. The Balaban J connectivity index is 1.84. The Kier molecular flexibility index (Phi) is 5.67. The van der Waals surface area contributed by atoms with Crippen LogP contribution in [-0.4, -0.2) is 34.1 Å². The van der Waals surface area contributed by atoms with E-state index in [0.29, 0.717) is 6.54 Å². The third-order valence-corrected chi connectivity index (χ3v) is 3.74. The Morgan fingerprint density at radius 3 is 2.91 bits per heavy atom. The molecule has 0 saturated carbocycles. The largest absolute Gasteiger partial charge is 0.338 e. The maximum absolute atomic E-state index is 13.8. The molecule has 7 heteroatoms. The van der Waals surface area contributed by atoms with Gasteiger partial charge in [-0.05, 0) is 31.5 Å². The number of rotatable bonds is 6. The van der Waals surface area contributed by atoms with Crippen LogP contribution in [0.2, 0.25) is 0 Å². The van der Waals surface area contributed by atoms with E-state index < -0.39 is 17.7 Å². The normalized spacial score (nSPS) is 12.0. The molecule has 1 aromatic carbocycles. The Morgan fingerprint density at radius 1 is 1.43 bits per heavy atom. The molecular formula is C16H20F2N4O. The molecule has 0 saturated heterocycles. The first-order valence-corrected chi connectivity index (χ1v) is 7.40. The van der Waals surface area contributed by atoms with Crippen molar-refractivity contribution in [2.45, 2.75) is 25.9 Å². The summed E-state index contributed by atoms with van der Waals surface area (Å²) in [4.78, 5) is 17.4. The van der Waals surface area contributed by atoms with Gasteiger partial charge in [0.1, 0.15) is 11.6 Å². The third-order valence-electron chi connectivity index (χ3n) is 3.74. The van der Waals surface area contributed by atoms with Gasteiger partial charge in [-0.3, -0.25) is 0 Å². The van der Waals surface area contributed by atoms with Gasteiger partial charge in [-0.25, -0.2) is 18.6 Å². The summed E-state index contributed by atoms with van der Waals surface area (Å²) in [6, 6.07) is 2.34. The highest BCUT2D eigenvalue weighted by molar-refractivity contribution is 5.74. The van der Waals surface area contributed by atoms with Gasteiger partial charge in [0.2, 0.25) is 0 Å². The average molecular weight is 322 g/mol. The molecule has 1 atom stereocenters. The van der Waals surface area contributed by atoms with Crippen molar-refractivity contribution in [2.24, 2.45) is 0 Å². The number of hydrogen-bond acceptors (Lipinski definition) is 2. The second-order valence-corrected chi connectivity index (χ2v) is 5.34. The SMILES string of the molecule is CC(c1cc(F)ccc1F)N(C)C(=O)NCCCn1ccnc1. The molecule has 0 fully saturated rings. The number of aromatic nitrogens is 2. The summed E-state index contributed by atoms with van der Waals surface area (Å²) < 4.78 is 29.0. The lowest BCUT2D eigenvalue weighted by Crippen LogP contribution is -2.39. The van der Waals surface area contributed by atoms with Crippen molar-refractivity contribution in [3.63, 3.8) is 0 Å². The first kappa shape index (κ1) is 16.9. The lowest BCUT2D eigenvalue weighted by molar-refractivity contribution is 0.193. The van der Waals surface area contributed by atoms with Gasteiger partial charge in [0, 0.05) is 38.1 Å². The molecule has 5 nitrogen and oxygen atoms in total. The first-order chi connectivity index (χ1) is 11.0. The van der Waals surface area contributed by atoms with E-state index >= 15 is 0 Å². The monoisotopic (exact) mass is 322 g/mol. The van der Waals surface area contributed by atoms with Crippen LogP contribution in [0, 0.1) is 11.6 Å². The zero-order valence-corrected chi connectivity index (χ0v) is 13.2. The van der Waals surface area contributed by atoms with E-state index in [1.165, 1.54) is 4.90 Å². The summed E-state index contributed by atoms with van der Waals surface area (Å²) in [5.41, 5.74) is 0.154. The predicted molar refractivity (Wildman–Crippen MR) is 82.8 cm³/mol. The maximum Gasteiger partial charge on any atom is 0.317 e. The Labute approximate surface area is 133 Å². The predicted octanol–water partition coefficient (Wildman–Crippen LogP) is 2.95. The molecule has 2 rings (SSSR count). The van der Waals surface area contributed by atoms with E-state index in [0.717, 1.165) is 31.2 Å². The summed E-state index contributed by atoms with van der Waals surface area (Å²) in [5, 5.41) is 2.77. The Hall–Kier alpha value is -2.44. The van der Waals surface area contributed by atoms with Crippen LogP contribution < -0.4 is 5.32 Å². The molecule has 1 heterocycles. The summed E-state index contributed by atoms with van der Waals surface area (Å²) >= 11 is 0. The van der Waals surface area contributed by atoms with Crippen LogP contribution in [0.3, 0.4) is 0 Å². The number of nitrogens with one attached hydrogen (secondary N) is 1. The number of benzene rings is 1. The number of carbonyl (C=O) groups is 1. The summed E-state index contributed by atoms with van der Waals surface area (Å²) in [6.07, 6.45) is 6.01. The smallest absolute Gasteiger partial charge is 0.317 e. The lowest BCUT2D eigenvalue weighted by Gasteiger charge is -2.26. The fourth-order valence-electron chi connectivity index (χ4n) is 2.22. The van der Waals surface area contributed by atoms with Crippen LogP contribution in [0.4, 0.5) is 13.6 Å². The zero-order chi connectivity index (χ0) is 16.8. The molecule has 124 valence electrons. The molecule has 23 heavy (non-hydrogen) atoms. The summed E-state index contributed by atoms with van der Waals surface area (Å²) in [7, 11) is 1.56. The van der Waals surface area contributed by atoms with Crippen LogP contribution in [0.5, 0.6) is 0 Å². The van der Waals surface area contributed by atoms with Crippen LogP contribution in [0.1, 0.15) is 24.9 Å². The minimum absolute atomic E-state index is 0.154. The Bertz CT molecular complexity index is 646. The van der Waals surface area contributed by atoms with E-state index in [4.69, 9.17) is 0 Å². The molecule has 0 bridgehead atoms. The highest BCUT2D eigenvalue weighted by Crippen LogP contribution is 2.22. The molecule has 0 radical (unpaired) electrons. The number of urea groups is 1. The van der Waals surface area contributed by atoms with E-state index in [1.54, 1.807) is 26.5 Å². The van der Waals surface area contributed by atoms with Crippen LogP contribution >= 0.6 is 0 Å². The van der Waals surface area contributed by atoms with Crippen molar-refractivity contribution in [2.75, 3.05) is 13.6 Å². The second kappa shape index (κ2) is 7.71. The molecule has 2 aromatic rings. The maximum atomic E-state index is 13.8. The number of imidazole rings is 1. The van der Waals surface area contributed by atoms with Crippen molar-refractivity contribution in [3.05, 3.63) is 54.1 Å². The Morgan fingerprint density at radius 2 is 2.22 bits per heavy atom. The van der Waals surface area contributed by atoms with Crippen molar-refractivity contribution >= 4 is 6.03 Å². The molecular weight excluding hydrogens is 302 g/mol. The molecule has 0 aliphatic rings. The van der Waals surface area contributed by atoms with E-state index in [2.05, 4.69) is 10.3 Å². The van der Waals surface area contributed by atoms with Crippen molar-refractivity contribution < 1.29 is 13.6 Å². The summed E-state index contributed by atoms with van der Waals surface area (Å²) in [6.45, 7) is 2.89. The van der Waals surface area contributed by atoms with Gasteiger partial charge in [0.25, 0.3) is 0 Å². The quantitative estimate of drug-likeness (QED) is 0.831. The van der Waals surface area contributed by atoms with E-state index in [-0.39, 0.29) is 11.6 Å². The molecule has 1 unspecified atom stereocenters. The second-order valence-electron chi connectivity index (χ2n) is 5.34. The highest BCUT2D eigenvalue weighted by atomic mass is 19.1. The topological polar surface area (TPSA) is 50.2 Å². The van der Waals surface area contributed by atoms with Crippen LogP contribution in [0.25, 0.3) is 0 Å². The highest BCUT2D eigenvalue weighted by Gasteiger charge is 2.20. The van der Waals surface area contributed by atoms with E-state index in [1.807, 2.05) is 10.8 Å². The average Bonchev–Trinajstić information content (AvgIpc) is 3.05. The number of amides is 2. The number of halogens is 2. The van der Waals surface area contributed by atoms with Gasteiger partial charge in [-0.1, -0.05) is 0 Å². The van der Waals surface area contributed by atoms with Gasteiger partial charge in [-0.15, -0.1) is 0 Å². The third kappa shape index (κ3) is 4.51. The number of carbonyl (C=O) groups excluding carboxylic acids is 1. The van der Waals surface area contributed by atoms with Gasteiger partial charge >= 0.3 is 6.03 Å². The minimum Gasteiger partial charge on any atom is -0.338 e. The van der Waals surface area contributed by atoms with Gasteiger partial charge in [-0.2, -0.15) is 0 Å². The van der Waals surface area contributed by atoms with Gasteiger partial charge < -0.3 is 14.8 Å². The molecule has 2 amide bonds. The minimum atomic E-state index is -0.570. The molecule has 0 spiro atoms. The molecule has 1 N–H and O–H groups in total. The number of hydrogen-bond donors (Lipinski definition) is 1. The standard InChI is InChI=1S/C16H20F2N4O/c1-12(14-10-13(17)4-5-15(14)18)21(2)16(23)20-6-3-8-22-9-7-19-11-22/h4-5,7,9-12H,3,6,8H2,1-2H3,(H,20,23). The fourth-order valence-corrected chi connectivity index (χ4v) is 2.22. The van der Waals surface area contributed by atoms with Gasteiger partial charge in [0.05, 0.1) is 12.4 Å². The first-order valence-electron chi connectivity index (χ1n) is 7.40.